The van der Waals surface area contributed by atoms with Crippen LogP contribution in [0.5, 0.6) is 23.0 Å². The second-order valence-electron chi connectivity index (χ2n) is 7.05. The number of carbonyl (C=O) groups is 3. The van der Waals surface area contributed by atoms with E-state index in [9.17, 15) is 19.5 Å². The molecule has 2 aromatic carbocycles. The lowest BCUT2D eigenvalue weighted by Gasteiger charge is -2.17. The lowest BCUT2D eigenvalue weighted by molar-refractivity contribution is -0.140. The van der Waals surface area contributed by atoms with Crippen LogP contribution in [0.4, 0.5) is 5.69 Å². The van der Waals surface area contributed by atoms with Gasteiger partial charge < -0.3 is 34.5 Å². The van der Waals surface area contributed by atoms with E-state index in [1.165, 1.54) is 52.7 Å². The second kappa shape index (κ2) is 12.1. The number of amides is 1. The van der Waals surface area contributed by atoms with E-state index in [0.717, 1.165) is 0 Å². The van der Waals surface area contributed by atoms with Crippen molar-refractivity contribution in [2.45, 2.75) is 18.8 Å². The third-order valence-electron chi connectivity index (χ3n) is 4.97. The molecule has 2 rings (SSSR count). The van der Waals surface area contributed by atoms with E-state index < -0.39 is 23.8 Å². The molecule has 0 aliphatic rings. The number of nitrogens with one attached hydrogen (secondary N) is 1. The van der Waals surface area contributed by atoms with Gasteiger partial charge in [0, 0.05) is 35.9 Å². The van der Waals surface area contributed by atoms with Gasteiger partial charge in [-0.3, -0.25) is 14.4 Å². The van der Waals surface area contributed by atoms with E-state index >= 15 is 0 Å². The highest BCUT2D eigenvalue weighted by atomic mass is 16.5. The van der Waals surface area contributed by atoms with Crippen LogP contribution < -0.4 is 24.3 Å². The first-order valence-electron chi connectivity index (χ1n) is 10.2. The van der Waals surface area contributed by atoms with E-state index in [2.05, 4.69) is 5.32 Å². The molecule has 1 amide bonds. The van der Waals surface area contributed by atoms with Crippen molar-refractivity contribution in [3.63, 3.8) is 0 Å². The normalized spacial score (nSPS) is 11.5. The zero-order chi connectivity index (χ0) is 25.3. The van der Waals surface area contributed by atoms with Gasteiger partial charge >= 0.3 is 11.9 Å². The van der Waals surface area contributed by atoms with E-state index in [4.69, 9.17) is 24.1 Å². The van der Waals surface area contributed by atoms with E-state index in [0.29, 0.717) is 28.5 Å². The molecule has 0 bridgehead atoms. The standard InChI is InChI=1S/C24H27NO9/c1-31-15-12-20(33-3)17(21(13-15)34-4)6-9-22(26)25-14-5-8-19(32-2)18(11-14)16(24(29)30)7-10-23(27)28/h5-6,8-9,11-13,16H,7,10H2,1-4H3,(H,25,26)(H,27,28)(H,29,30). The number of aliphatic carboxylic acids is 2. The molecular formula is C24H27NO9. The van der Waals surface area contributed by atoms with Crippen LogP contribution in [0.15, 0.2) is 36.4 Å². The maximum Gasteiger partial charge on any atom is 0.311 e. The number of benzene rings is 2. The Hall–Kier alpha value is -4.21. The Bertz CT molecular complexity index is 1050. The molecule has 0 radical (unpaired) electrons. The first kappa shape index (κ1) is 26.0. The van der Waals surface area contributed by atoms with Crippen molar-refractivity contribution in [1.82, 2.24) is 0 Å². The smallest absolute Gasteiger partial charge is 0.311 e. The highest BCUT2D eigenvalue weighted by Crippen LogP contribution is 2.35. The summed E-state index contributed by atoms with van der Waals surface area (Å²) in [4.78, 5) is 35.3. The largest absolute Gasteiger partial charge is 0.496 e. The van der Waals surface area contributed by atoms with Crippen LogP contribution in [0.3, 0.4) is 0 Å². The van der Waals surface area contributed by atoms with Gasteiger partial charge in [0.2, 0.25) is 5.91 Å². The fraction of sp³-hybridized carbons (Fsp3) is 0.292. The first-order chi connectivity index (χ1) is 16.2. The lowest BCUT2D eigenvalue weighted by atomic mass is 9.93. The summed E-state index contributed by atoms with van der Waals surface area (Å²) in [5.74, 6) is -2.23. The Balaban J connectivity index is 2.30. The Kier molecular flexibility index (Phi) is 9.30. The third-order valence-corrected chi connectivity index (χ3v) is 4.97. The number of hydrogen-bond acceptors (Lipinski definition) is 7. The van der Waals surface area contributed by atoms with Crippen LogP contribution in [0.2, 0.25) is 0 Å². The van der Waals surface area contributed by atoms with E-state index in [-0.39, 0.29) is 24.2 Å². The van der Waals surface area contributed by atoms with Gasteiger partial charge in [0.05, 0.1) is 39.9 Å². The molecule has 34 heavy (non-hydrogen) atoms. The van der Waals surface area contributed by atoms with Gasteiger partial charge in [-0.2, -0.15) is 0 Å². The minimum absolute atomic E-state index is 0.130. The van der Waals surface area contributed by atoms with Gasteiger partial charge in [0.1, 0.15) is 23.0 Å². The fourth-order valence-electron chi connectivity index (χ4n) is 3.30. The number of anilines is 1. The molecule has 0 aliphatic carbocycles. The number of methoxy groups -OCH3 is 4. The van der Waals surface area contributed by atoms with Crippen LogP contribution in [0.1, 0.15) is 29.9 Å². The number of hydrogen-bond donors (Lipinski definition) is 3. The summed E-state index contributed by atoms with van der Waals surface area (Å²) >= 11 is 0. The van der Waals surface area contributed by atoms with Crippen molar-refractivity contribution in [1.29, 1.82) is 0 Å². The highest BCUT2D eigenvalue weighted by molar-refractivity contribution is 6.02. The first-order valence-corrected chi connectivity index (χ1v) is 10.2. The van der Waals surface area contributed by atoms with Crippen LogP contribution in [0, 0.1) is 0 Å². The molecule has 0 fully saturated rings. The molecule has 0 saturated carbocycles. The number of carboxylic acids is 2. The second-order valence-corrected chi connectivity index (χ2v) is 7.05. The van der Waals surface area contributed by atoms with Crippen molar-refractivity contribution >= 4 is 29.6 Å². The predicted octanol–water partition coefficient (Wildman–Crippen LogP) is 3.41. The molecule has 182 valence electrons. The van der Waals surface area contributed by atoms with Gasteiger partial charge in [-0.25, -0.2) is 0 Å². The summed E-state index contributed by atoms with van der Waals surface area (Å²) in [6.07, 6.45) is 2.33. The maximum atomic E-state index is 12.6. The Morgan fingerprint density at radius 1 is 0.912 bits per heavy atom. The van der Waals surface area contributed by atoms with Crippen molar-refractivity contribution in [2.75, 3.05) is 33.8 Å². The molecule has 0 saturated heterocycles. The Labute approximate surface area is 196 Å². The Morgan fingerprint density at radius 3 is 2.03 bits per heavy atom. The van der Waals surface area contributed by atoms with Gasteiger partial charge in [0.25, 0.3) is 0 Å². The molecule has 3 N–H and O–H groups in total. The summed E-state index contributed by atoms with van der Waals surface area (Å²) in [5, 5.41) is 21.2. The van der Waals surface area contributed by atoms with Gasteiger partial charge in [-0.15, -0.1) is 0 Å². The van der Waals surface area contributed by atoms with Gasteiger partial charge in [0.15, 0.2) is 0 Å². The van der Waals surface area contributed by atoms with Crippen LogP contribution >= 0.6 is 0 Å². The Morgan fingerprint density at radius 2 is 1.53 bits per heavy atom. The maximum absolute atomic E-state index is 12.6. The third kappa shape index (κ3) is 6.64. The lowest BCUT2D eigenvalue weighted by Crippen LogP contribution is -2.15. The van der Waals surface area contributed by atoms with E-state index in [1.54, 1.807) is 18.2 Å². The number of carboxylic acid groups (broad SMARTS) is 2. The average molecular weight is 473 g/mol. The molecule has 2 aromatic rings. The van der Waals surface area contributed by atoms with Crippen molar-refractivity contribution in [2.24, 2.45) is 0 Å². The topological polar surface area (TPSA) is 141 Å². The highest BCUT2D eigenvalue weighted by Gasteiger charge is 2.25. The molecule has 10 nitrogen and oxygen atoms in total. The molecule has 0 spiro atoms. The summed E-state index contributed by atoms with van der Waals surface area (Å²) in [7, 11) is 5.85. The van der Waals surface area contributed by atoms with Gasteiger partial charge in [-0.05, 0) is 30.7 Å². The van der Waals surface area contributed by atoms with Gasteiger partial charge in [-0.1, -0.05) is 0 Å². The van der Waals surface area contributed by atoms with Crippen molar-refractivity contribution in [3.05, 3.63) is 47.5 Å². The SMILES string of the molecule is COc1cc(OC)c(C=CC(=O)Nc2ccc(OC)c(C(CCC(=O)O)C(=O)O)c2)c(OC)c1. The number of rotatable bonds is 12. The van der Waals surface area contributed by atoms with Crippen LogP contribution in [-0.2, 0) is 14.4 Å². The minimum atomic E-state index is -1.19. The molecule has 0 heterocycles. The molecule has 10 heteroatoms. The monoisotopic (exact) mass is 473 g/mol. The van der Waals surface area contributed by atoms with E-state index in [1.807, 2.05) is 0 Å². The zero-order valence-electron chi connectivity index (χ0n) is 19.3. The molecule has 0 aromatic heterocycles. The van der Waals surface area contributed by atoms with Crippen molar-refractivity contribution < 1.29 is 43.5 Å². The molecular weight excluding hydrogens is 446 g/mol. The predicted molar refractivity (Wildman–Crippen MR) is 124 cm³/mol. The van der Waals surface area contributed by atoms with Crippen LogP contribution in [0.25, 0.3) is 6.08 Å². The summed E-state index contributed by atoms with van der Waals surface area (Å²) in [6.45, 7) is 0. The van der Waals surface area contributed by atoms with Crippen molar-refractivity contribution in [3.8, 4) is 23.0 Å². The average Bonchev–Trinajstić information content (AvgIpc) is 2.82. The van der Waals surface area contributed by atoms with Crippen LogP contribution in [-0.4, -0.2) is 56.5 Å². The molecule has 0 aliphatic heterocycles. The molecule has 1 unspecified atom stereocenters. The summed E-state index contributed by atoms with van der Waals surface area (Å²) < 4.78 is 21.2. The minimum Gasteiger partial charge on any atom is -0.496 e. The quantitative estimate of drug-likeness (QED) is 0.396. The molecule has 1 atom stereocenters. The zero-order valence-corrected chi connectivity index (χ0v) is 19.3. The summed E-state index contributed by atoms with van der Waals surface area (Å²) in [5.41, 5.74) is 1.10. The summed E-state index contributed by atoms with van der Waals surface area (Å²) in [6, 6.07) is 7.83. The number of carbonyl (C=O) groups excluding carboxylic acids is 1. The fourth-order valence-corrected chi connectivity index (χ4v) is 3.30. The number of ether oxygens (including phenoxy) is 4.